The van der Waals surface area contributed by atoms with E-state index in [0.717, 1.165) is 23.9 Å². The molecule has 1 heterocycles. The first-order chi connectivity index (χ1) is 19.7. The largest absolute Gasteiger partial charge is 0.508 e. The molecule has 1 aliphatic heterocycles. The highest BCUT2D eigenvalue weighted by Gasteiger charge is 2.30. The lowest BCUT2D eigenvalue weighted by molar-refractivity contribution is -0.140. The molecule has 0 saturated carbocycles. The van der Waals surface area contributed by atoms with Crippen LogP contribution in [0.4, 0.5) is 0 Å². The summed E-state index contributed by atoms with van der Waals surface area (Å²) in [6, 6.07) is 6.59. The molecule has 0 saturated heterocycles. The molecular weight excluding hydrogens is 578 g/mol. The van der Waals surface area contributed by atoms with Crippen molar-refractivity contribution in [2.45, 2.75) is 36.8 Å². The molecule has 0 radical (unpaired) electrons. The second-order valence-corrected chi connectivity index (χ2v) is 10.0. The fourth-order valence-electron chi connectivity index (χ4n) is 3.97. The van der Waals surface area contributed by atoms with Gasteiger partial charge in [0.2, 0.25) is 11.7 Å². The Hall–Kier alpha value is -5.18. The van der Waals surface area contributed by atoms with Crippen LogP contribution in [-0.4, -0.2) is 75.6 Å². The van der Waals surface area contributed by atoms with E-state index in [1.807, 2.05) is 0 Å². The fraction of sp³-hybridized carbons (Fsp3) is 0.222. The zero-order valence-corrected chi connectivity index (χ0v) is 22.6. The number of carboxylic acids is 2. The lowest BCUT2D eigenvalue weighted by atomic mass is 9.96. The highest BCUT2D eigenvalue weighted by molar-refractivity contribution is 7.99. The summed E-state index contributed by atoms with van der Waals surface area (Å²) in [4.78, 5) is 33.1. The second kappa shape index (κ2) is 13.0. The molecule has 10 N–H and O–H groups in total. The number of carbonyl (C=O) groups is 3. The molecule has 0 aromatic heterocycles. The molecule has 0 aliphatic carbocycles. The van der Waals surface area contributed by atoms with Gasteiger partial charge in [0.05, 0.1) is 10.5 Å². The number of benzene rings is 3. The third-order valence-corrected chi connectivity index (χ3v) is 7.22. The predicted octanol–water partition coefficient (Wildman–Crippen LogP) is 2.76. The number of phenols is 7. The number of amides is 1. The van der Waals surface area contributed by atoms with Gasteiger partial charge in [0.15, 0.2) is 28.7 Å². The lowest BCUT2D eigenvalue weighted by Crippen LogP contribution is -2.41. The van der Waals surface area contributed by atoms with Gasteiger partial charge in [-0.15, -0.1) is 11.8 Å². The van der Waals surface area contributed by atoms with Crippen LogP contribution in [0.15, 0.2) is 41.3 Å². The number of rotatable bonds is 7. The Morgan fingerprint density at radius 1 is 0.905 bits per heavy atom. The second-order valence-electron chi connectivity index (χ2n) is 8.98. The summed E-state index contributed by atoms with van der Waals surface area (Å²) >= 11 is 0.907. The molecule has 14 nitrogen and oxygen atoms in total. The van der Waals surface area contributed by atoms with E-state index in [0.29, 0.717) is 29.7 Å². The van der Waals surface area contributed by atoms with E-state index in [-0.39, 0.29) is 22.0 Å². The van der Waals surface area contributed by atoms with Crippen molar-refractivity contribution in [1.29, 1.82) is 0 Å². The van der Waals surface area contributed by atoms with Crippen LogP contribution in [0.25, 0.3) is 0 Å². The van der Waals surface area contributed by atoms with Crippen molar-refractivity contribution in [3.63, 3.8) is 0 Å². The van der Waals surface area contributed by atoms with Crippen LogP contribution in [0, 0.1) is 0 Å². The standard InChI is InChI=1S/C20H21NO8S.C7H6O5/c1-9(22)21-12(20(27)28)8-30-19-11(7-14(24)17(25)18(19)26)16-6-5-10-13(23)3-2-4-15(10)29-16;8-4-1-3(7(11)12)2-5(9)6(4)10/h2-4,7,12,16,23-26H,5-6,8H2,1H3,(H,21,22)(H,27,28);1-2,8-10H,(H,11,12)/t12?,16-;/m0./s1. The maximum atomic E-state index is 11.4. The highest BCUT2D eigenvalue weighted by atomic mass is 32.2. The van der Waals surface area contributed by atoms with Crippen LogP contribution in [0.5, 0.6) is 46.0 Å². The Morgan fingerprint density at radius 2 is 1.52 bits per heavy atom. The van der Waals surface area contributed by atoms with Crippen LogP contribution >= 0.6 is 11.8 Å². The zero-order valence-electron chi connectivity index (χ0n) is 21.8. The molecule has 3 aromatic rings. The minimum absolute atomic E-state index is 0.108. The van der Waals surface area contributed by atoms with Crippen LogP contribution in [-0.2, 0) is 16.0 Å². The molecule has 0 fully saturated rings. The number of fused-ring (bicyclic) bond motifs is 1. The molecule has 224 valence electrons. The summed E-state index contributed by atoms with van der Waals surface area (Å²) in [6.45, 7) is 1.19. The SMILES string of the molecule is CC(=O)NC(CSc1c([C@@H]2CCc3c(O)cccc3O2)cc(O)c(O)c1O)C(=O)O.O=C(O)c1cc(O)c(O)c(O)c1. The van der Waals surface area contributed by atoms with E-state index in [1.54, 1.807) is 18.2 Å². The number of aromatic carboxylic acids is 1. The fourth-order valence-corrected chi connectivity index (χ4v) is 5.12. The number of hydrogen-bond donors (Lipinski definition) is 10. The van der Waals surface area contributed by atoms with E-state index in [1.165, 1.54) is 13.0 Å². The van der Waals surface area contributed by atoms with Crippen molar-refractivity contribution in [3.05, 3.63) is 53.1 Å². The van der Waals surface area contributed by atoms with Crippen LogP contribution in [0.3, 0.4) is 0 Å². The van der Waals surface area contributed by atoms with Crippen molar-refractivity contribution < 1.29 is 65.1 Å². The summed E-state index contributed by atoms with van der Waals surface area (Å²) < 4.78 is 5.94. The lowest BCUT2D eigenvalue weighted by Gasteiger charge is -2.29. The van der Waals surface area contributed by atoms with E-state index in [9.17, 15) is 39.9 Å². The first kappa shape index (κ1) is 31.3. The van der Waals surface area contributed by atoms with Gasteiger partial charge in [0, 0.05) is 23.8 Å². The number of carboxylic acid groups (broad SMARTS) is 2. The Kier molecular flexibility index (Phi) is 9.70. The average Bonchev–Trinajstić information content (AvgIpc) is 2.93. The van der Waals surface area contributed by atoms with E-state index in [4.69, 9.17) is 25.2 Å². The molecule has 4 rings (SSSR count). The van der Waals surface area contributed by atoms with Gasteiger partial charge in [0.1, 0.15) is 23.6 Å². The quantitative estimate of drug-likeness (QED) is 0.137. The summed E-state index contributed by atoms with van der Waals surface area (Å²) in [7, 11) is 0. The Morgan fingerprint density at radius 3 is 2.10 bits per heavy atom. The maximum absolute atomic E-state index is 11.4. The molecule has 1 aliphatic rings. The molecule has 2 atom stereocenters. The molecule has 42 heavy (non-hydrogen) atoms. The van der Waals surface area contributed by atoms with Crippen LogP contribution in [0.2, 0.25) is 0 Å². The zero-order chi connectivity index (χ0) is 31.3. The number of phenolic OH excluding ortho intramolecular Hbond substituents is 7. The first-order valence-electron chi connectivity index (χ1n) is 12.1. The highest BCUT2D eigenvalue weighted by Crippen LogP contribution is 2.49. The normalized spacial score (nSPS) is 14.4. The Bertz CT molecular complexity index is 1500. The predicted molar refractivity (Wildman–Crippen MR) is 146 cm³/mol. The molecule has 0 bridgehead atoms. The first-order valence-corrected chi connectivity index (χ1v) is 13.1. The summed E-state index contributed by atoms with van der Waals surface area (Å²) in [5.41, 5.74) is 0.711. The molecule has 1 unspecified atom stereocenters. The minimum atomic E-state index is -1.29. The maximum Gasteiger partial charge on any atom is 0.335 e. The number of carbonyl (C=O) groups excluding carboxylic acids is 1. The number of aliphatic carboxylic acids is 1. The topological polar surface area (TPSA) is 255 Å². The van der Waals surface area contributed by atoms with Crippen LogP contribution < -0.4 is 10.1 Å². The van der Waals surface area contributed by atoms with Gasteiger partial charge >= 0.3 is 11.9 Å². The third kappa shape index (κ3) is 7.11. The third-order valence-electron chi connectivity index (χ3n) is 6.00. The Labute approximate surface area is 241 Å². The number of hydrogen-bond acceptors (Lipinski definition) is 12. The number of thioether (sulfide) groups is 1. The van der Waals surface area contributed by atoms with Crippen molar-refractivity contribution in [2.75, 3.05) is 5.75 Å². The number of aromatic hydroxyl groups is 7. The van der Waals surface area contributed by atoms with Crippen molar-refractivity contribution >= 4 is 29.6 Å². The smallest absolute Gasteiger partial charge is 0.335 e. The minimum Gasteiger partial charge on any atom is -0.508 e. The van der Waals surface area contributed by atoms with E-state index in [2.05, 4.69) is 5.32 Å². The molecular formula is C27H27NO13S. The number of nitrogens with one attached hydrogen (secondary N) is 1. The van der Waals surface area contributed by atoms with Crippen molar-refractivity contribution in [2.24, 2.45) is 0 Å². The molecule has 3 aromatic carbocycles. The van der Waals surface area contributed by atoms with Gasteiger partial charge in [0.25, 0.3) is 0 Å². The summed E-state index contributed by atoms with van der Waals surface area (Å²) in [5.74, 6) is -6.56. The van der Waals surface area contributed by atoms with E-state index >= 15 is 0 Å². The van der Waals surface area contributed by atoms with Gasteiger partial charge in [-0.1, -0.05) is 6.07 Å². The summed E-state index contributed by atoms with van der Waals surface area (Å²) in [6.07, 6.45) is 0.266. The van der Waals surface area contributed by atoms with Gasteiger partial charge in [-0.05, 0) is 43.2 Å². The monoisotopic (exact) mass is 605 g/mol. The average molecular weight is 606 g/mol. The van der Waals surface area contributed by atoms with Crippen molar-refractivity contribution in [1.82, 2.24) is 5.32 Å². The van der Waals surface area contributed by atoms with E-state index < -0.39 is 64.5 Å². The Balaban J connectivity index is 0.000000337. The van der Waals surface area contributed by atoms with Crippen LogP contribution in [0.1, 0.15) is 40.9 Å². The van der Waals surface area contributed by atoms with Crippen molar-refractivity contribution in [3.8, 4) is 46.0 Å². The summed E-state index contributed by atoms with van der Waals surface area (Å²) in [5, 5.41) is 86.9. The van der Waals surface area contributed by atoms with Gasteiger partial charge in [-0.3, -0.25) is 4.79 Å². The molecule has 0 spiro atoms. The van der Waals surface area contributed by atoms with Gasteiger partial charge in [-0.2, -0.15) is 0 Å². The van der Waals surface area contributed by atoms with Gasteiger partial charge in [-0.25, -0.2) is 9.59 Å². The van der Waals surface area contributed by atoms with Gasteiger partial charge < -0.3 is 56.0 Å². The molecule has 15 heteroatoms. The number of ether oxygens (including phenoxy) is 1. The molecule has 1 amide bonds.